The third-order valence-corrected chi connectivity index (χ3v) is 5.24. The van der Waals surface area contributed by atoms with Gasteiger partial charge in [-0.05, 0) is 39.2 Å². The van der Waals surface area contributed by atoms with Crippen LogP contribution in [0.15, 0.2) is 35.5 Å². The Bertz CT molecular complexity index is 1230. The van der Waals surface area contributed by atoms with Crippen molar-refractivity contribution in [3.8, 4) is 11.3 Å². The number of nitro groups is 1. The molecule has 0 saturated carbocycles. The number of methoxy groups -OCH3 is 1. The average molecular weight is 409 g/mol. The van der Waals surface area contributed by atoms with Gasteiger partial charge in [0.25, 0.3) is 11.2 Å². The molecule has 156 valence electrons. The lowest BCUT2D eigenvalue weighted by Crippen LogP contribution is -2.28. The van der Waals surface area contributed by atoms with Crippen LogP contribution in [0.25, 0.3) is 28.1 Å². The van der Waals surface area contributed by atoms with Crippen molar-refractivity contribution in [1.82, 2.24) is 14.5 Å². The first-order chi connectivity index (χ1) is 14.4. The number of allylic oxidation sites excluding steroid dienone is 1. The van der Waals surface area contributed by atoms with Gasteiger partial charge in [0.1, 0.15) is 6.73 Å². The van der Waals surface area contributed by atoms with E-state index in [1.807, 2.05) is 14.1 Å². The number of fused-ring (bicyclic) bond motifs is 2. The predicted molar refractivity (Wildman–Crippen MR) is 116 cm³/mol. The molecule has 0 spiro atoms. The third kappa shape index (κ3) is 3.31. The Balaban J connectivity index is 2.01. The summed E-state index contributed by atoms with van der Waals surface area (Å²) in [5.41, 5.74) is 1.39. The van der Waals surface area contributed by atoms with E-state index in [1.165, 1.54) is 6.07 Å². The van der Waals surface area contributed by atoms with Crippen LogP contribution in [0.2, 0.25) is 0 Å². The van der Waals surface area contributed by atoms with Crippen LogP contribution in [0.5, 0.6) is 0 Å². The maximum absolute atomic E-state index is 13.3. The van der Waals surface area contributed by atoms with E-state index in [-0.39, 0.29) is 18.0 Å². The second-order valence-electron chi connectivity index (χ2n) is 7.58. The predicted octanol–water partition coefficient (Wildman–Crippen LogP) is 1.80. The van der Waals surface area contributed by atoms with Gasteiger partial charge in [0.15, 0.2) is 0 Å². The lowest BCUT2D eigenvalue weighted by molar-refractivity contribution is -0.385. The second-order valence-corrected chi connectivity index (χ2v) is 7.58. The summed E-state index contributed by atoms with van der Waals surface area (Å²) in [6.07, 6.45) is 9.49. The summed E-state index contributed by atoms with van der Waals surface area (Å²) in [6.45, 7) is 1.57. The van der Waals surface area contributed by atoms with Crippen molar-refractivity contribution in [1.29, 1.82) is 0 Å². The zero-order valence-corrected chi connectivity index (χ0v) is 17.2. The van der Waals surface area contributed by atoms with Crippen LogP contribution >= 0.6 is 0 Å². The van der Waals surface area contributed by atoms with Crippen LogP contribution in [-0.4, -0.2) is 53.9 Å². The Hall–Kier alpha value is -3.30. The summed E-state index contributed by atoms with van der Waals surface area (Å²) in [5, 5.41) is 13.4. The fourth-order valence-corrected chi connectivity index (χ4v) is 3.94. The smallest absolute Gasteiger partial charge is 0.279 e. The number of aryl methyl sites for hydroxylation is 1. The SMILES string of the molecule is COCN1C=CC=c2c([N+](=O)[O-])cc3c4c(cnc-4c21)cn(CCCN(C)C)c3=O. The van der Waals surface area contributed by atoms with Crippen LogP contribution in [-0.2, 0) is 11.3 Å². The molecule has 3 heterocycles. The molecule has 1 aromatic heterocycles. The molecule has 2 aliphatic heterocycles. The summed E-state index contributed by atoms with van der Waals surface area (Å²) < 4.78 is 6.90. The van der Waals surface area contributed by atoms with Gasteiger partial charge in [-0.2, -0.15) is 0 Å². The molecule has 0 radical (unpaired) electrons. The van der Waals surface area contributed by atoms with Crippen molar-refractivity contribution in [2.75, 3.05) is 39.4 Å². The molecule has 1 aliphatic carbocycles. The number of aromatic nitrogens is 2. The van der Waals surface area contributed by atoms with Crippen molar-refractivity contribution in [2.45, 2.75) is 13.0 Å². The normalized spacial score (nSPS) is 13.3. The number of hydrogen-bond acceptors (Lipinski definition) is 7. The Morgan fingerprint density at radius 2 is 2.13 bits per heavy atom. The van der Waals surface area contributed by atoms with Crippen molar-refractivity contribution in [3.05, 3.63) is 56.4 Å². The van der Waals surface area contributed by atoms with Gasteiger partial charge in [0.2, 0.25) is 0 Å². The number of pyridine rings is 1. The van der Waals surface area contributed by atoms with Crippen molar-refractivity contribution in [2.24, 2.45) is 0 Å². The van der Waals surface area contributed by atoms with Crippen molar-refractivity contribution in [3.63, 3.8) is 0 Å². The van der Waals surface area contributed by atoms with Crippen LogP contribution < -0.4 is 15.7 Å². The monoisotopic (exact) mass is 409 g/mol. The van der Waals surface area contributed by atoms with E-state index < -0.39 is 4.92 Å². The van der Waals surface area contributed by atoms with Crippen LogP contribution in [0.1, 0.15) is 6.42 Å². The molecule has 0 aromatic carbocycles. The summed E-state index contributed by atoms with van der Waals surface area (Å²) in [7, 11) is 5.51. The summed E-state index contributed by atoms with van der Waals surface area (Å²) in [6, 6.07) is 1.39. The van der Waals surface area contributed by atoms with E-state index in [0.29, 0.717) is 34.1 Å². The highest BCUT2D eigenvalue weighted by atomic mass is 16.6. The number of hydrogen-bond donors (Lipinski definition) is 0. The molecular formula is C21H23N5O4. The Labute approximate surface area is 173 Å². The van der Waals surface area contributed by atoms with Gasteiger partial charge < -0.3 is 19.1 Å². The lowest BCUT2D eigenvalue weighted by Gasteiger charge is -2.22. The van der Waals surface area contributed by atoms with E-state index >= 15 is 0 Å². The summed E-state index contributed by atoms with van der Waals surface area (Å²) in [5.74, 6) is 0. The molecule has 30 heavy (non-hydrogen) atoms. The van der Waals surface area contributed by atoms with Crippen molar-refractivity contribution >= 4 is 28.2 Å². The van der Waals surface area contributed by atoms with E-state index in [4.69, 9.17) is 4.74 Å². The quantitative estimate of drug-likeness (QED) is 0.434. The fourth-order valence-electron chi connectivity index (χ4n) is 3.94. The molecule has 0 fully saturated rings. The highest BCUT2D eigenvalue weighted by molar-refractivity contribution is 6.01. The number of nitrogens with zero attached hydrogens (tertiary/aromatic N) is 5. The van der Waals surface area contributed by atoms with Crippen LogP contribution in [0, 0.1) is 10.1 Å². The van der Waals surface area contributed by atoms with E-state index in [9.17, 15) is 14.9 Å². The number of rotatable bonds is 7. The van der Waals surface area contributed by atoms with Crippen LogP contribution in [0.3, 0.4) is 0 Å². The van der Waals surface area contributed by atoms with Gasteiger partial charge in [-0.25, -0.2) is 0 Å². The molecule has 9 heteroatoms. The van der Waals surface area contributed by atoms with E-state index in [1.54, 1.807) is 47.3 Å². The second kappa shape index (κ2) is 7.85. The highest BCUT2D eigenvalue weighted by Gasteiger charge is 2.27. The van der Waals surface area contributed by atoms with Crippen molar-refractivity contribution < 1.29 is 9.66 Å². The molecule has 9 nitrogen and oxygen atoms in total. The Kier molecular flexibility index (Phi) is 5.23. The van der Waals surface area contributed by atoms with Gasteiger partial charge in [-0.1, -0.05) is 0 Å². The molecule has 0 saturated heterocycles. The minimum absolute atomic E-state index is 0.127. The topological polar surface area (TPSA) is 93.7 Å². The van der Waals surface area contributed by atoms with Crippen LogP contribution in [0.4, 0.5) is 11.4 Å². The number of anilines is 1. The first kappa shape index (κ1) is 20.0. The molecule has 4 rings (SSSR count). The highest BCUT2D eigenvalue weighted by Crippen LogP contribution is 2.37. The maximum atomic E-state index is 13.3. The average Bonchev–Trinajstić information content (AvgIpc) is 3.03. The summed E-state index contributed by atoms with van der Waals surface area (Å²) >= 11 is 0. The Morgan fingerprint density at radius 3 is 2.83 bits per heavy atom. The third-order valence-electron chi connectivity index (χ3n) is 5.24. The number of ether oxygens (including phenoxy) is 1. The minimum Gasteiger partial charge on any atom is -0.364 e. The molecule has 0 amide bonds. The van der Waals surface area contributed by atoms with Gasteiger partial charge in [0.05, 0.1) is 26.9 Å². The standard InChI is InChI=1S/C21H23N5O4/c1-23(2)7-5-9-24-12-14-11-22-19-18(14)16(21(24)27)10-17(26(28)29)15-6-4-8-25(13-30-3)20(15)19/h4,6,8,10-12H,5,7,9,13H2,1-3H3. The zero-order valence-electron chi connectivity index (χ0n) is 17.2. The molecule has 0 bridgehead atoms. The molecule has 3 aliphatic rings. The molecular weight excluding hydrogens is 386 g/mol. The molecule has 1 aromatic rings. The fraction of sp³-hybridized carbons (Fsp3) is 0.333. The van der Waals surface area contributed by atoms with Gasteiger partial charge in [0, 0.05) is 49.3 Å². The van der Waals surface area contributed by atoms with Gasteiger partial charge in [-0.15, -0.1) is 0 Å². The maximum Gasteiger partial charge on any atom is 0.279 e. The molecule has 0 atom stereocenters. The zero-order chi connectivity index (χ0) is 21.4. The first-order valence-electron chi connectivity index (χ1n) is 9.64. The van der Waals surface area contributed by atoms with Gasteiger partial charge in [-0.3, -0.25) is 19.9 Å². The molecule has 0 unspecified atom stereocenters. The van der Waals surface area contributed by atoms with E-state index in [2.05, 4.69) is 9.88 Å². The minimum atomic E-state index is -0.448. The van der Waals surface area contributed by atoms with Gasteiger partial charge >= 0.3 is 0 Å². The Morgan fingerprint density at radius 1 is 1.33 bits per heavy atom. The van der Waals surface area contributed by atoms with E-state index in [0.717, 1.165) is 18.4 Å². The largest absolute Gasteiger partial charge is 0.364 e. The first-order valence-corrected chi connectivity index (χ1v) is 9.64. The molecule has 0 N–H and O–H groups in total. The lowest BCUT2D eigenvalue weighted by atomic mass is 10.1. The summed E-state index contributed by atoms with van der Waals surface area (Å²) in [4.78, 5) is 33.2.